The molecule has 3 atom stereocenters. The Labute approximate surface area is 147 Å². The fourth-order valence-electron chi connectivity index (χ4n) is 4.21. The summed E-state index contributed by atoms with van der Waals surface area (Å²) < 4.78 is 5.63. The Morgan fingerprint density at radius 1 is 1.16 bits per heavy atom. The predicted octanol–water partition coefficient (Wildman–Crippen LogP) is 2.22. The van der Waals surface area contributed by atoms with Crippen LogP contribution in [0.1, 0.15) is 23.2 Å². The third-order valence-electron chi connectivity index (χ3n) is 5.39. The number of hydrogen-bond donors (Lipinski definition) is 1. The molecule has 2 fully saturated rings. The van der Waals surface area contributed by atoms with Crippen molar-refractivity contribution < 1.29 is 9.53 Å². The number of amides is 1. The van der Waals surface area contributed by atoms with Crippen LogP contribution in [0.4, 0.5) is 5.82 Å². The smallest absolute Gasteiger partial charge is 0.253 e. The predicted molar refractivity (Wildman–Crippen MR) is 94.8 cm³/mol. The summed E-state index contributed by atoms with van der Waals surface area (Å²) in [6, 6.07) is 7.50. The molecule has 6 heteroatoms. The van der Waals surface area contributed by atoms with E-state index in [1.165, 1.54) is 6.20 Å². The van der Waals surface area contributed by atoms with E-state index in [0.717, 1.165) is 31.5 Å². The van der Waals surface area contributed by atoms with Crippen molar-refractivity contribution in [1.29, 1.82) is 0 Å². The summed E-state index contributed by atoms with van der Waals surface area (Å²) in [5, 5.41) is 0. The number of carbonyl (C=O) groups is 1. The van der Waals surface area contributed by atoms with Crippen molar-refractivity contribution in [2.75, 3.05) is 25.9 Å². The molecule has 4 rings (SSSR count). The summed E-state index contributed by atoms with van der Waals surface area (Å²) in [5.41, 5.74) is 7.99. The van der Waals surface area contributed by atoms with Crippen molar-refractivity contribution in [3.05, 3.63) is 42.2 Å². The van der Waals surface area contributed by atoms with E-state index in [2.05, 4.69) is 9.97 Å². The number of anilines is 1. The number of fused-ring (bicyclic) bond motifs is 2. The highest BCUT2D eigenvalue weighted by Crippen LogP contribution is 2.39. The molecule has 2 aliphatic rings. The van der Waals surface area contributed by atoms with E-state index < -0.39 is 0 Å². The Bertz CT molecular complexity index is 763. The fraction of sp³-hybridized carbons (Fsp3) is 0.421. The van der Waals surface area contributed by atoms with Gasteiger partial charge < -0.3 is 15.4 Å². The molecule has 1 aromatic heterocycles. The highest BCUT2D eigenvalue weighted by Gasteiger charge is 2.43. The first-order chi connectivity index (χ1) is 12.2. The molecule has 2 aromatic rings. The first-order valence-corrected chi connectivity index (χ1v) is 8.65. The minimum Gasteiger partial charge on any atom is -0.382 e. The maximum Gasteiger partial charge on any atom is 0.253 e. The molecule has 25 heavy (non-hydrogen) atoms. The second-order valence-corrected chi connectivity index (χ2v) is 6.91. The van der Waals surface area contributed by atoms with Crippen LogP contribution in [-0.2, 0) is 4.74 Å². The van der Waals surface area contributed by atoms with Crippen molar-refractivity contribution >= 4 is 11.7 Å². The Morgan fingerprint density at radius 3 is 2.44 bits per heavy atom. The van der Waals surface area contributed by atoms with E-state index in [9.17, 15) is 4.79 Å². The quantitative estimate of drug-likeness (QED) is 0.928. The van der Waals surface area contributed by atoms with Gasteiger partial charge in [-0.25, -0.2) is 4.98 Å². The normalized spacial score (nSPS) is 25.2. The Hall–Kier alpha value is -2.47. The van der Waals surface area contributed by atoms with Gasteiger partial charge in [0.05, 0.1) is 24.2 Å². The molecule has 2 bridgehead atoms. The van der Waals surface area contributed by atoms with Crippen LogP contribution in [0.3, 0.4) is 0 Å². The Balaban J connectivity index is 1.50. The number of likely N-dealkylation sites (tertiary alicyclic amines) is 1. The van der Waals surface area contributed by atoms with E-state index >= 15 is 0 Å². The first-order valence-electron chi connectivity index (χ1n) is 8.65. The number of rotatable bonds is 3. The van der Waals surface area contributed by atoms with Gasteiger partial charge in [-0.3, -0.25) is 9.78 Å². The molecule has 1 saturated heterocycles. The lowest BCUT2D eigenvalue weighted by atomic mass is 9.94. The third kappa shape index (κ3) is 2.98. The van der Waals surface area contributed by atoms with Crippen LogP contribution in [0.2, 0.25) is 0 Å². The molecule has 1 aromatic carbocycles. The highest BCUT2D eigenvalue weighted by molar-refractivity contribution is 5.94. The fourth-order valence-corrected chi connectivity index (χ4v) is 4.21. The van der Waals surface area contributed by atoms with E-state index in [0.29, 0.717) is 35.0 Å². The average Bonchev–Trinajstić information content (AvgIpc) is 2.89. The summed E-state index contributed by atoms with van der Waals surface area (Å²) >= 11 is 0. The molecular formula is C19H22N4O2. The summed E-state index contributed by atoms with van der Waals surface area (Å²) in [4.78, 5) is 23.1. The molecular weight excluding hydrogens is 316 g/mol. The number of methoxy groups -OCH3 is 1. The van der Waals surface area contributed by atoms with Gasteiger partial charge in [0.2, 0.25) is 0 Å². The van der Waals surface area contributed by atoms with Crippen molar-refractivity contribution in [1.82, 2.24) is 14.9 Å². The molecule has 1 aliphatic carbocycles. The highest BCUT2D eigenvalue weighted by atomic mass is 16.5. The molecule has 1 amide bonds. The number of carbonyl (C=O) groups excluding carboxylic acids is 1. The third-order valence-corrected chi connectivity index (χ3v) is 5.39. The first kappa shape index (κ1) is 16.0. The number of benzene rings is 1. The number of ether oxygens (including phenoxy) is 1. The van der Waals surface area contributed by atoms with E-state index in [4.69, 9.17) is 10.5 Å². The molecule has 2 heterocycles. The van der Waals surface area contributed by atoms with E-state index in [1.54, 1.807) is 13.3 Å². The average molecular weight is 338 g/mol. The zero-order valence-corrected chi connectivity index (χ0v) is 14.3. The van der Waals surface area contributed by atoms with Crippen LogP contribution in [-0.4, -0.2) is 47.1 Å². The second-order valence-electron chi connectivity index (χ2n) is 6.91. The SMILES string of the molecule is COC1[C@@H]2CC[C@H]1CN(C(=O)c1ccc(-c3cncc(N)n3)cc1)C2. The van der Waals surface area contributed by atoms with Gasteiger partial charge in [0, 0.05) is 43.2 Å². The van der Waals surface area contributed by atoms with Gasteiger partial charge in [-0.2, -0.15) is 0 Å². The second kappa shape index (κ2) is 6.44. The zero-order chi connectivity index (χ0) is 17.4. The van der Waals surface area contributed by atoms with E-state index in [-0.39, 0.29) is 5.91 Å². The molecule has 130 valence electrons. The molecule has 2 N–H and O–H groups in total. The Kier molecular flexibility index (Phi) is 4.13. The van der Waals surface area contributed by atoms with Crippen LogP contribution in [0, 0.1) is 11.8 Å². The van der Waals surface area contributed by atoms with Crippen LogP contribution < -0.4 is 5.73 Å². The number of nitrogens with zero attached hydrogens (tertiary/aromatic N) is 3. The molecule has 1 unspecified atom stereocenters. The molecule has 1 aliphatic heterocycles. The summed E-state index contributed by atoms with van der Waals surface area (Å²) in [5.74, 6) is 1.41. The maximum absolute atomic E-state index is 12.9. The molecule has 1 saturated carbocycles. The lowest BCUT2D eigenvalue weighted by Crippen LogP contribution is -2.48. The number of hydrogen-bond acceptors (Lipinski definition) is 5. The minimum atomic E-state index is 0.0941. The largest absolute Gasteiger partial charge is 0.382 e. The summed E-state index contributed by atoms with van der Waals surface area (Å²) in [6.07, 6.45) is 5.80. The Morgan fingerprint density at radius 2 is 1.84 bits per heavy atom. The van der Waals surface area contributed by atoms with Gasteiger partial charge in [0.1, 0.15) is 5.82 Å². The van der Waals surface area contributed by atoms with E-state index in [1.807, 2.05) is 29.2 Å². The van der Waals surface area contributed by atoms with Crippen molar-refractivity contribution in [2.45, 2.75) is 18.9 Å². The monoisotopic (exact) mass is 338 g/mol. The minimum absolute atomic E-state index is 0.0941. The summed E-state index contributed by atoms with van der Waals surface area (Å²) in [7, 11) is 1.78. The topological polar surface area (TPSA) is 81.3 Å². The molecule has 0 radical (unpaired) electrons. The zero-order valence-electron chi connectivity index (χ0n) is 14.3. The molecule has 0 spiro atoms. The van der Waals surface area contributed by atoms with Crippen LogP contribution in [0.15, 0.2) is 36.7 Å². The van der Waals surface area contributed by atoms with Crippen molar-refractivity contribution in [3.63, 3.8) is 0 Å². The van der Waals surface area contributed by atoms with Gasteiger partial charge in [0.25, 0.3) is 5.91 Å². The van der Waals surface area contributed by atoms with Gasteiger partial charge in [0.15, 0.2) is 0 Å². The van der Waals surface area contributed by atoms with Crippen LogP contribution in [0.25, 0.3) is 11.3 Å². The number of nitrogens with two attached hydrogens (primary N) is 1. The van der Waals surface area contributed by atoms with Gasteiger partial charge >= 0.3 is 0 Å². The van der Waals surface area contributed by atoms with Crippen molar-refractivity contribution in [2.24, 2.45) is 11.8 Å². The van der Waals surface area contributed by atoms with Crippen LogP contribution in [0.5, 0.6) is 0 Å². The van der Waals surface area contributed by atoms with Gasteiger partial charge in [-0.05, 0) is 25.0 Å². The maximum atomic E-state index is 12.9. The lowest BCUT2D eigenvalue weighted by molar-refractivity contribution is -0.0113. The molecule has 6 nitrogen and oxygen atoms in total. The van der Waals surface area contributed by atoms with Gasteiger partial charge in [-0.1, -0.05) is 12.1 Å². The van der Waals surface area contributed by atoms with Crippen LogP contribution >= 0.6 is 0 Å². The number of aromatic nitrogens is 2. The number of piperidine rings is 1. The number of nitrogen functional groups attached to an aromatic ring is 1. The van der Waals surface area contributed by atoms with Crippen molar-refractivity contribution in [3.8, 4) is 11.3 Å². The van der Waals surface area contributed by atoms with Gasteiger partial charge in [-0.15, -0.1) is 0 Å². The summed E-state index contributed by atoms with van der Waals surface area (Å²) in [6.45, 7) is 1.58. The standard InChI is InChI=1S/C19H22N4O2/c1-25-18-14-6-7-15(18)11-23(10-14)19(24)13-4-2-12(3-5-13)16-8-21-9-17(20)22-16/h2-5,8-9,14-15,18H,6-7,10-11H2,1H3,(H2,20,22)/t14-,15+,18?. The lowest BCUT2D eigenvalue weighted by Gasteiger charge is -2.37.